The van der Waals surface area contributed by atoms with Gasteiger partial charge in [0.15, 0.2) is 0 Å². The predicted octanol–water partition coefficient (Wildman–Crippen LogP) is 2.72. The zero-order valence-corrected chi connectivity index (χ0v) is 11.4. The van der Waals surface area contributed by atoms with Crippen molar-refractivity contribution in [2.75, 3.05) is 7.05 Å². The largest absolute Gasteiger partial charge is 0.314 e. The number of hydrogen-bond acceptors (Lipinski definition) is 4. The van der Waals surface area contributed by atoms with Crippen LogP contribution in [0.2, 0.25) is 0 Å². The van der Waals surface area contributed by atoms with Crippen LogP contribution in [0.1, 0.15) is 5.69 Å². The number of nitrogens with zero attached hydrogens (tertiary/aromatic N) is 3. The molecule has 3 aromatic rings. The summed E-state index contributed by atoms with van der Waals surface area (Å²) in [5.74, 6) is 0. The molecule has 0 aliphatic rings. The first-order valence-electron chi connectivity index (χ1n) is 6.06. The molecule has 19 heavy (non-hydrogen) atoms. The predicted molar refractivity (Wildman–Crippen MR) is 77.4 cm³/mol. The van der Waals surface area contributed by atoms with Gasteiger partial charge in [-0.3, -0.25) is 0 Å². The van der Waals surface area contributed by atoms with Gasteiger partial charge in [-0.2, -0.15) is 5.10 Å². The molecule has 2 aromatic heterocycles. The van der Waals surface area contributed by atoms with E-state index in [4.69, 9.17) is 0 Å². The number of rotatable bonds is 4. The quantitative estimate of drug-likeness (QED) is 0.792. The number of aromatic nitrogens is 3. The molecule has 0 unspecified atom stereocenters. The molecule has 1 N–H and O–H groups in total. The summed E-state index contributed by atoms with van der Waals surface area (Å²) in [5, 5.41) is 10.6. The lowest BCUT2D eigenvalue weighted by molar-refractivity contribution is 0.798. The van der Waals surface area contributed by atoms with E-state index in [0.29, 0.717) is 0 Å². The van der Waals surface area contributed by atoms with Gasteiger partial charge in [-0.05, 0) is 19.2 Å². The van der Waals surface area contributed by atoms with Gasteiger partial charge in [-0.15, -0.1) is 11.3 Å². The zero-order chi connectivity index (χ0) is 13.1. The van der Waals surface area contributed by atoms with Crippen molar-refractivity contribution in [2.45, 2.75) is 6.54 Å². The van der Waals surface area contributed by atoms with Gasteiger partial charge in [0.1, 0.15) is 5.01 Å². The lowest BCUT2D eigenvalue weighted by Gasteiger charge is -1.98. The average molecular weight is 270 g/mol. The van der Waals surface area contributed by atoms with Crippen LogP contribution in [-0.2, 0) is 6.54 Å². The van der Waals surface area contributed by atoms with E-state index < -0.39 is 0 Å². The van der Waals surface area contributed by atoms with E-state index in [1.165, 1.54) is 0 Å². The van der Waals surface area contributed by atoms with Crippen molar-refractivity contribution in [3.8, 4) is 16.3 Å². The number of thiazole rings is 1. The summed E-state index contributed by atoms with van der Waals surface area (Å²) < 4.78 is 1.87. The number of para-hydroxylation sites is 1. The Balaban J connectivity index is 1.88. The second-order valence-corrected chi connectivity index (χ2v) is 5.04. The van der Waals surface area contributed by atoms with Crippen LogP contribution in [0.4, 0.5) is 0 Å². The van der Waals surface area contributed by atoms with E-state index in [9.17, 15) is 0 Å². The van der Waals surface area contributed by atoms with Crippen LogP contribution >= 0.6 is 11.3 Å². The lowest BCUT2D eigenvalue weighted by Crippen LogP contribution is -2.04. The molecule has 0 aliphatic heterocycles. The van der Waals surface area contributed by atoms with Gasteiger partial charge in [-0.1, -0.05) is 18.2 Å². The van der Waals surface area contributed by atoms with E-state index in [1.54, 1.807) is 11.3 Å². The molecule has 96 valence electrons. The van der Waals surface area contributed by atoms with Gasteiger partial charge in [0.25, 0.3) is 0 Å². The Morgan fingerprint density at radius 2 is 2.11 bits per heavy atom. The zero-order valence-electron chi connectivity index (χ0n) is 10.6. The van der Waals surface area contributed by atoms with E-state index in [0.717, 1.165) is 28.5 Å². The first-order chi connectivity index (χ1) is 9.36. The molecule has 5 heteroatoms. The summed E-state index contributed by atoms with van der Waals surface area (Å²) in [7, 11) is 1.92. The minimum atomic E-state index is 0.795. The second kappa shape index (κ2) is 5.34. The standard InChI is InChI=1S/C14H14N4S/c1-15-8-12-10-19-14(17-12)11-7-16-18(9-11)13-5-3-2-4-6-13/h2-7,9-10,15H,8H2,1H3. The number of benzene rings is 1. The summed E-state index contributed by atoms with van der Waals surface area (Å²) in [5.41, 5.74) is 3.17. The van der Waals surface area contributed by atoms with Gasteiger partial charge in [0, 0.05) is 23.7 Å². The highest BCUT2D eigenvalue weighted by Gasteiger charge is 2.07. The van der Waals surface area contributed by atoms with Crippen molar-refractivity contribution in [3.63, 3.8) is 0 Å². The van der Waals surface area contributed by atoms with Gasteiger partial charge in [-0.25, -0.2) is 9.67 Å². The Hall–Kier alpha value is -1.98. The normalized spacial score (nSPS) is 10.8. The molecule has 4 nitrogen and oxygen atoms in total. The van der Waals surface area contributed by atoms with Crippen LogP contribution in [0, 0.1) is 0 Å². The summed E-state index contributed by atoms with van der Waals surface area (Å²) in [6, 6.07) is 10.1. The van der Waals surface area contributed by atoms with Crippen molar-refractivity contribution < 1.29 is 0 Å². The highest BCUT2D eigenvalue weighted by Crippen LogP contribution is 2.24. The Kier molecular flexibility index (Phi) is 3.39. The van der Waals surface area contributed by atoms with Gasteiger partial charge in [0.05, 0.1) is 17.6 Å². The first-order valence-corrected chi connectivity index (χ1v) is 6.94. The molecule has 0 radical (unpaired) electrons. The summed E-state index contributed by atoms with van der Waals surface area (Å²) >= 11 is 1.65. The summed E-state index contributed by atoms with van der Waals surface area (Å²) in [4.78, 5) is 4.58. The fourth-order valence-electron chi connectivity index (χ4n) is 1.86. The van der Waals surface area contributed by atoms with Crippen LogP contribution in [0.5, 0.6) is 0 Å². The van der Waals surface area contributed by atoms with Crippen LogP contribution in [0.3, 0.4) is 0 Å². The monoisotopic (exact) mass is 270 g/mol. The maximum Gasteiger partial charge on any atom is 0.126 e. The third-order valence-electron chi connectivity index (χ3n) is 2.76. The first kappa shape index (κ1) is 12.1. The van der Waals surface area contributed by atoms with Crippen LogP contribution in [0.25, 0.3) is 16.3 Å². The van der Waals surface area contributed by atoms with Crippen molar-refractivity contribution in [3.05, 3.63) is 53.8 Å². The Labute approximate surface area is 115 Å². The molecule has 2 heterocycles. The molecule has 0 aliphatic carbocycles. The van der Waals surface area contributed by atoms with Crippen molar-refractivity contribution in [1.82, 2.24) is 20.1 Å². The van der Waals surface area contributed by atoms with Gasteiger partial charge >= 0.3 is 0 Å². The molecule has 0 atom stereocenters. The molecule has 0 saturated heterocycles. The van der Waals surface area contributed by atoms with Gasteiger partial charge < -0.3 is 5.32 Å². The van der Waals surface area contributed by atoms with Crippen molar-refractivity contribution in [2.24, 2.45) is 0 Å². The van der Waals surface area contributed by atoms with Crippen molar-refractivity contribution in [1.29, 1.82) is 0 Å². The SMILES string of the molecule is CNCc1csc(-c2cnn(-c3ccccc3)c2)n1. The molecule has 0 amide bonds. The molecule has 3 rings (SSSR count). The highest BCUT2D eigenvalue weighted by molar-refractivity contribution is 7.13. The second-order valence-electron chi connectivity index (χ2n) is 4.18. The van der Waals surface area contributed by atoms with E-state index in [1.807, 2.05) is 54.5 Å². The molecule has 0 fully saturated rings. The third-order valence-corrected chi connectivity index (χ3v) is 3.70. The summed E-state index contributed by atoms with van der Waals surface area (Å²) in [6.07, 6.45) is 3.87. The minimum absolute atomic E-state index is 0.795. The lowest BCUT2D eigenvalue weighted by atomic mass is 10.3. The van der Waals surface area contributed by atoms with Crippen LogP contribution in [0.15, 0.2) is 48.1 Å². The molecular weight excluding hydrogens is 256 g/mol. The van der Waals surface area contributed by atoms with Gasteiger partial charge in [0.2, 0.25) is 0 Å². The highest BCUT2D eigenvalue weighted by atomic mass is 32.1. The number of nitrogens with one attached hydrogen (secondary N) is 1. The fraction of sp³-hybridized carbons (Fsp3) is 0.143. The van der Waals surface area contributed by atoms with E-state index in [-0.39, 0.29) is 0 Å². The van der Waals surface area contributed by atoms with E-state index >= 15 is 0 Å². The van der Waals surface area contributed by atoms with Crippen LogP contribution < -0.4 is 5.32 Å². The van der Waals surface area contributed by atoms with Crippen LogP contribution in [-0.4, -0.2) is 21.8 Å². The molecule has 1 aromatic carbocycles. The Morgan fingerprint density at radius 3 is 2.89 bits per heavy atom. The smallest absolute Gasteiger partial charge is 0.126 e. The van der Waals surface area contributed by atoms with E-state index in [2.05, 4.69) is 20.8 Å². The molecule has 0 saturated carbocycles. The fourth-order valence-corrected chi connectivity index (χ4v) is 2.65. The maximum atomic E-state index is 4.58. The molecule has 0 spiro atoms. The average Bonchev–Trinajstić information content (AvgIpc) is 3.08. The topological polar surface area (TPSA) is 42.7 Å². The Bertz CT molecular complexity index is 657. The molecule has 0 bridgehead atoms. The molecular formula is C14H14N4S. The summed E-state index contributed by atoms with van der Waals surface area (Å²) in [6.45, 7) is 0.795. The number of hydrogen-bond donors (Lipinski definition) is 1. The maximum absolute atomic E-state index is 4.58. The van der Waals surface area contributed by atoms with Crippen molar-refractivity contribution >= 4 is 11.3 Å². The minimum Gasteiger partial charge on any atom is -0.314 e. The Morgan fingerprint density at radius 1 is 1.26 bits per heavy atom. The third kappa shape index (κ3) is 2.57.